The normalized spacial score (nSPS) is 11.1. The Bertz CT molecular complexity index is 984. The molecule has 4 aromatic rings. The van der Waals surface area contributed by atoms with E-state index in [-0.39, 0.29) is 5.56 Å². The molecule has 0 N–H and O–H groups in total. The number of nitrogens with zero attached hydrogens (tertiary/aromatic N) is 4. The zero-order valence-electron chi connectivity index (χ0n) is 11.6. The topological polar surface area (TPSA) is 52.7 Å². The lowest BCUT2D eigenvalue weighted by molar-refractivity contribution is 0.749. The first-order valence-electron chi connectivity index (χ1n) is 6.83. The number of hydrogen-bond acceptors (Lipinski definition) is 4. The Hall–Kier alpha value is -2.73. The van der Waals surface area contributed by atoms with E-state index in [1.54, 1.807) is 21.8 Å². The molecule has 1 aromatic carbocycles. The minimum absolute atomic E-state index is 0.00698. The molecule has 22 heavy (non-hydrogen) atoms. The van der Waals surface area contributed by atoms with Crippen LogP contribution in [0.5, 0.6) is 0 Å². The van der Waals surface area contributed by atoms with E-state index in [4.69, 9.17) is 0 Å². The quantitative estimate of drug-likeness (QED) is 0.585. The summed E-state index contributed by atoms with van der Waals surface area (Å²) in [5.41, 5.74) is 2.70. The Balaban J connectivity index is 1.67. The largest absolute Gasteiger partial charge is 0.293 e. The van der Waals surface area contributed by atoms with Gasteiger partial charge in [-0.2, -0.15) is 5.10 Å². The van der Waals surface area contributed by atoms with E-state index in [1.165, 1.54) is 11.3 Å². The van der Waals surface area contributed by atoms with Crippen LogP contribution >= 0.6 is 11.3 Å². The van der Waals surface area contributed by atoms with Gasteiger partial charge < -0.3 is 0 Å². The van der Waals surface area contributed by atoms with Gasteiger partial charge in [0.1, 0.15) is 4.70 Å². The Kier molecular flexibility index (Phi) is 3.08. The highest BCUT2D eigenvalue weighted by Crippen LogP contribution is 2.14. The maximum atomic E-state index is 12.4. The van der Waals surface area contributed by atoms with Gasteiger partial charge in [0.2, 0.25) is 0 Å². The average Bonchev–Trinajstić information content (AvgIpc) is 3.20. The molecule has 3 heterocycles. The average molecular weight is 308 g/mol. The zero-order chi connectivity index (χ0) is 14.9. The summed E-state index contributed by atoms with van der Waals surface area (Å²) in [6.45, 7) is 0.465. The van der Waals surface area contributed by atoms with E-state index < -0.39 is 0 Å². The molecule has 0 aliphatic rings. The summed E-state index contributed by atoms with van der Waals surface area (Å²) in [6, 6.07) is 11.7. The second-order valence-corrected chi connectivity index (χ2v) is 5.86. The monoisotopic (exact) mass is 308 g/mol. The smallest absolute Gasteiger partial charge is 0.271 e. The summed E-state index contributed by atoms with van der Waals surface area (Å²) in [5, 5.41) is 6.23. The molecule has 0 saturated heterocycles. The van der Waals surface area contributed by atoms with Gasteiger partial charge in [0, 0.05) is 11.8 Å². The van der Waals surface area contributed by atoms with Gasteiger partial charge in [0.05, 0.1) is 30.3 Å². The second-order valence-electron chi connectivity index (χ2n) is 4.94. The second kappa shape index (κ2) is 5.23. The van der Waals surface area contributed by atoms with Gasteiger partial charge in [-0.1, -0.05) is 18.2 Å². The van der Waals surface area contributed by atoms with Crippen LogP contribution in [0.4, 0.5) is 0 Å². The van der Waals surface area contributed by atoms with Crippen LogP contribution in [-0.2, 0) is 6.54 Å². The molecule has 0 aliphatic carbocycles. The van der Waals surface area contributed by atoms with Crippen LogP contribution in [0.15, 0.2) is 65.3 Å². The summed E-state index contributed by atoms with van der Waals surface area (Å²) in [5.74, 6) is 0. The van der Waals surface area contributed by atoms with Crippen LogP contribution in [0.1, 0.15) is 5.56 Å². The van der Waals surface area contributed by atoms with Gasteiger partial charge >= 0.3 is 0 Å². The maximum absolute atomic E-state index is 12.4. The van der Waals surface area contributed by atoms with E-state index in [0.717, 1.165) is 16.8 Å². The van der Waals surface area contributed by atoms with Gasteiger partial charge in [-0.05, 0) is 23.6 Å². The van der Waals surface area contributed by atoms with E-state index >= 15 is 0 Å². The zero-order valence-corrected chi connectivity index (χ0v) is 12.4. The standard InChI is InChI=1S/C16H12N4OS/c21-16-15-14(6-7-22-15)17-11-19(16)9-12-8-18-20(10-12)13-4-2-1-3-5-13/h1-8,10-11H,9H2. The van der Waals surface area contributed by atoms with Crippen molar-refractivity contribution in [3.63, 3.8) is 0 Å². The van der Waals surface area contributed by atoms with E-state index in [0.29, 0.717) is 11.2 Å². The molecule has 108 valence electrons. The van der Waals surface area contributed by atoms with Crippen molar-refractivity contribution in [1.29, 1.82) is 0 Å². The molecule has 0 amide bonds. The Morgan fingerprint density at radius 3 is 2.86 bits per heavy atom. The SMILES string of the molecule is O=c1c2sccc2ncn1Cc1cnn(-c2ccccc2)c1. The molecule has 0 bridgehead atoms. The van der Waals surface area contributed by atoms with E-state index in [2.05, 4.69) is 10.1 Å². The summed E-state index contributed by atoms with van der Waals surface area (Å²) >= 11 is 1.42. The van der Waals surface area contributed by atoms with Crippen LogP contribution in [-0.4, -0.2) is 19.3 Å². The lowest BCUT2D eigenvalue weighted by Crippen LogP contribution is -2.19. The summed E-state index contributed by atoms with van der Waals surface area (Å²) < 4.78 is 4.11. The first-order chi connectivity index (χ1) is 10.8. The number of thiophene rings is 1. The lowest BCUT2D eigenvalue weighted by atomic mass is 10.3. The summed E-state index contributed by atoms with van der Waals surface area (Å²) in [6.07, 6.45) is 5.30. The minimum atomic E-state index is -0.00698. The van der Waals surface area contributed by atoms with Crippen LogP contribution in [0.3, 0.4) is 0 Å². The molecule has 0 spiro atoms. The van der Waals surface area contributed by atoms with Crippen molar-refractivity contribution in [3.8, 4) is 5.69 Å². The van der Waals surface area contributed by atoms with Gasteiger partial charge in [-0.3, -0.25) is 9.36 Å². The molecule has 3 aromatic heterocycles. The highest BCUT2D eigenvalue weighted by Gasteiger charge is 2.07. The molecule has 4 rings (SSSR count). The first-order valence-corrected chi connectivity index (χ1v) is 7.71. The van der Waals surface area contributed by atoms with Crippen molar-refractivity contribution >= 4 is 21.6 Å². The highest BCUT2D eigenvalue weighted by molar-refractivity contribution is 7.17. The Morgan fingerprint density at radius 2 is 2.00 bits per heavy atom. The van der Waals surface area contributed by atoms with Crippen molar-refractivity contribution in [2.24, 2.45) is 0 Å². The van der Waals surface area contributed by atoms with Crippen LogP contribution in [0.2, 0.25) is 0 Å². The van der Waals surface area contributed by atoms with Crippen molar-refractivity contribution in [3.05, 3.63) is 76.4 Å². The fraction of sp³-hybridized carbons (Fsp3) is 0.0625. The van der Waals surface area contributed by atoms with Crippen LogP contribution in [0, 0.1) is 0 Å². The summed E-state index contributed by atoms with van der Waals surface area (Å²) in [7, 11) is 0. The molecular formula is C16H12N4OS. The Morgan fingerprint density at radius 1 is 1.14 bits per heavy atom. The number of para-hydroxylation sites is 1. The predicted octanol–water partition coefficient (Wildman–Crippen LogP) is 2.69. The van der Waals surface area contributed by atoms with Crippen molar-refractivity contribution < 1.29 is 0 Å². The van der Waals surface area contributed by atoms with Gasteiger partial charge in [-0.15, -0.1) is 11.3 Å². The van der Waals surface area contributed by atoms with Crippen molar-refractivity contribution in [2.45, 2.75) is 6.54 Å². The molecule has 0 fully saturated rings. The molecule has 6 heteroatoms. The third-order valence-corrected chi connectivity index (χ3v) is 4.34. The molecule has 0 saturated carbocycles. The number of fused-ring (bicyclic) bond motifs is 1. The number of benzene rings is 1. The molecule has 0 atom stereocenters. The van der Waals surface area contributed by atoms with Gasteiger partial charge in [0.25, 0.3) is 5.56 Å². The third kappa shape index (κ3) is 2.23. The first kappa shape index (κ1) is 13.0. The fourth-order valence-electron chi connectivity index (χ4n) is 2.35. The molecule has 0 aliphatic heterocycles. The molecule has 5 nitrogen and oxygen atoms in total. The predicted molar refractivity (Wildman–Crippen MR) is 86.5 cm³/mol. The maximum Gasteiger partial charge on any atom is 0.271 e. The van der Waals surface area contributed by atoms with Crippen molar-refractivity contribution in [1.82, 2.24) is 19.3 Å². The lowest BCUT2D eigenvalue weighted by Gasteiger charge is -2.03. The number of hydrogen-bond donors (Lipinski definition) is 0. The summed E-state index contributed by atoms with van der Waals surface area (Å²) in [4.78, 5) is 16.7. The molecular weight excluding hydrogens is 296 g/mol. The highest BCUT2D eigenvalue weighted by atomic mass is 32.1. The van der Waals surface area contributed by atoms with Crippen molar-refractivity contribution in [2.75, 3.05) is 0 Å². The number of aromatic nitrogens is 4. The van der Waals surface area contributed by atoms with E-state index in [9.17, 15) is 4.79 Å². The molecule has 0 radical (unpaired) electrons. The van der Waals surface area contributed by atoms with Crippen LogP contribution < -0.4 is 5.56 Å². The van der Waals surface area contributed by atoms with Crippen LogP contribution in [0.25, 0.3) is 15.9 Å². The van der Waals surface area contributed by atoms with E-state index in [1.807, 2.05) is 48.0 Å². The van der Waals surface area contributed by atoms with Gasteiger partial charge in [-0.25, -0.2) is 9.67 Å². The third-order valence-electron chi connectivity index (χ3n) is 3.45. The molecule has 0 unspecified atom stereocenters. The Labute approximate surface area is 130 Å². The van der Waals surface area contributed by atoms with Gasteiger partial charge in [0.15, 0.2) is 0 Å². The fourth-order valence-corrected chi connectivity index (χ4v) is 3.14. The minimum Gasteiger partial charge on any atom is -0.293 e. The number of rotatable bonds is 3.